The zero-order chi connectivity index (χ0) is 16.4. The van der Waals surface area contributed by atoms with Crippen LogP contribution in [0.3, 0.4) is 0 Å². The Balaban J connectivity index is 2.50. The summed E-state index contributed by atoms with van der Waals surface area (Å²) < 4.78 is 0. The quantitative estimate of drug-likeness (QED) is 0.688. The smallest absolute Gasteiger partial charge is 0.319 e. The average molecular weight is 313 g/mol. The number of hydrogen-bond acceptors (Lipinski definition) is 3. The van der Waals surface area contributed by atoms with Crippen molar-refractivity contribution in [2.45, 2.75) is 38.5 Å². The predicted molar refractivity (Wildman–Crippen MR) is 93.4 cm³/mol. The molecule has 5 heteroatoms. The molecule has 0 saturated carbocycles. The Labute approximate surface area is 137 Å². The third-order valence-electron chi connectivity index (χ3n) is 4.21. The zero-order valence-corrected chi connectivity index (χ0v) is 15.2. The van der Waals surface area contributed by atoms with Crippen molar-refractivity contribution >= 4 is 6.03 Å². The van der Waals surface area contributed by atoms with Gasteiger partial charge in [0.2, 0.25) is 0 Å². The van der Waals surface area contributed by atoms with Gasteiger partial charge in [0.05, 0.1) is 0 Å². The van der Waals surface area contributed by atoms with Crippen LogP contribution in [0.25, 0.3) is 0 Å². The van der Waals surface area contributed by atoms with Crippen LogP contribution in [0, 0.1) is 0 Å². The zero-order valence-electron chi connectivity index (χ0n) is 15.2. The van der Waals surface area contributed by atoms with Crippen LogP contribution in [0.2, 0.25) is 0 Å². The van der Waals surface area contributed by atoms with Crippen molar-refractivity contribution in [2.75, 3.05) is 67.5 Å². The van der Waals surface area contributed by atoms with Gasteiger partial charge in [0.25, 0.3) is 0 Å². The third kappa shape index (κ3) is 7.99. The largest absolute Gasteiger partial charge is 0.325 e. The highest BCUT2D eigenvalue weighted by Crippen LogP contribution is 2.12. The first-order chi connectivity index (χ1) is 10.5. The van der Waals surface area contributed by atoms with Crippen LogP contribution >= 0.6 is 0 Å². The Morgan fingerprint density at radius 3 is 1.64 bits per heavy atom. The molecule has 0 radical (unpaired) electrons. The van der Waals surface area contributed by atoms with Gasteiger partial charge in [0.1, 0.15) is 0 Å². The lowest BCUT2D eigenvalue weighted by Crippen LogP contribution is -2.45. The van der Waals surface area contributed by atoms with E-state index in [1.54, 1.807) is 0 Å². The van der Waals surface area contributed by atoms with Crippen molar-refractivity contribution in [3.05, 3.63) is 0 Å². The Morgan fingerprint density at radius 1 is 0.773 bits per heavy atom. The number of carbonyl (C=O) groups excluding carboxylic acids is 1. The van der Waals surface area contributed by atoms with Gasteiger partial charge in [-0.05, 0) is 67.0 Å². The number of likely N-dealkylation sites (tertiary alicyclic amines) is 1. The molecular weight excluding hydrogens is 276 g/mol. The van der Waals surface area contributed by atoms with E-state index in [0.717, 1.165) is 65.0 Å². The maximum atomic E-state index is 12.8. The first kappa shape index (κ1) is 19.2. The van der Waals surface area contributed by atoms with Gasteiger partial charge in [-0.3, -0.25) is 0 Å². The summed E-state index contributed by atoms with van der Waals surface area (Å²) in [5.74, 6) is 0. The molecule has 1 aliphatic heterocycles. The van der Waals surface area contributed by atoms with Gasteiger partial charge in [-0.15, -0.1) is 0 Å². The topological polar surface area (TPSA) is 30.0 Å². The minimum atomic E-state index is 0.263. The summed E-state index contributed by atoms with van der Waals surface area (Å²) >= 11 is 0. The predicted octanol–water partition coefficient (Wildman–Crippen LogP) is 2.19. The fourth-order valence-electron chi connectivity index (χ4n) is 2.92. The fourth-order valence-corrected chi connectivity index (χ4v) is 2.92. The lowest BCUT2D eigenvalue weighted by molar-refractivity contribution is 0.150. The molecule has 0 aromatic carbocycles. The number of amides is 2. The maximum absolute atomic E-state index is 12.8. The second-order valence-electron chi connectivity index (χ2n) is 6.98. The van der Waals surface area contributed by atoms with Gasteiger partial charge in [0, 0.05) is 26.2 Å². The minimum Gasteiger partial charge on any atom is -0.325 e. The maximum Gasteiger partial charge on any atom is 0.319 e. The lowest BCUT2D eigenvalue weighted by Gasteiger charge is -2.30. The molecule has 2 amide bonds. The first-order valence-electron chi connectivity index (χ1n) is 8.84. The molecule has 0 aromatic heterocycles. The SMILES string of the molecule is CN(C)CCCN(CCCN(C)C)C(=O)N1CCCCCC1. The molecule has 0 bridgehead atoms. The molecule has 0 aliphatic carbocycles. The number of urea groups is 1. The molecule has 0 atom stereocenters. The van der Waals surface area contributed by atoms with Gasteiger partial charge in [0.15, 0.2) is 0 Å². The summed E-state index contributed by atoms with van der Waals surface area (Å²) in [6.45, 7) is 5.71. The van der Waals surface area contributed by atoms with E-state index < -0.39 is 0 Å². The van der Waals surface area contributed by atoms with Gasteiger partial charge >= 0.3 is 6.03 Å². The number of rotatable bonds is 8. The van der Waals surface area contributed by atoms with Crippen molar-refractivity contribution in [2.24, 2.45) is 0 Å². The molecule has 130 valence electrons. The number of carbonyl (C=O) groups is 1. The van der Waals surface area contributed by atoms with Crippen LogP contribution in [0.5, 0.6) is 0 Å². The molecule has 1 fully saturated rings. The van der Waals surface area contributed by atoms with Crippen LogP contribution in [0.1, 0.15) is 38.5 Å². The molecule has 0 unspecified atom stereocenters. The summed E-state index contributed by atoms with van der Waals surface area (Å²) in [6.07, 6.45) is 6.96. The molecule has 1 saturated heterocycles. The Hall–Kier alpha value is -0.810. The number of nitrogens with zero attached hydrogens (tertiary/aromatic N) is 4. The van der Waals surface area contributed by atoms with E-state index in [0.29, 0.717) is 0 Å². The Kier molecular flexibility index (Phi) is 9.48. The van der Waals surface area contributed by atoms with Crippen molar-refractivity contribution in [3.8, 4) is 0 Å². The molecule has 1 rings (SSSR count). The highest BCUT2D eigenvalue weighted by molar-refractivity contribution is 5.74. The minimum absolute atomic E-state index is 0.263. The highest BCUT2D eigenvalue weighted by atomic mass is 16.2. The van der Waals surface area contributed by atoms with Crippen molar-refractivity contribution in [3.63, 3.8) is 0 Å². The first-order valence-corrected chi connectivity index (χ1v) is 8.84. The second kappa shape index (κ2) is 10.8. The third-order valence-corrected chi connectivity index (χ3v) is 4.21. The average Bonchev–Trinajstić information content (AvgIpc) is 2.73. The van der Waals surface area contributed by atoms with Crippen LogP contribution < -0.4 is 0 Å². The Bertz CT molecular complexity index is 285. The molecule has 1 heterocycles. The van der Waals surface area contributed by atoms with E-state index in [1.807, 2.05) is 0 Å². The normalized spacial score (nSPS) is 16.2. The summed E-state index contributed by atoms with van der Waals surface area (Å²) in [4.78, 5) is 21.4. The summed E-state index contributed by atoms with van der Waals surface area (Å²) in [6, 6.07) is 0.263. The van der Waals surface area contributed by atoms with Crippen LogP contribution in [0.4, 0.5) is 4.79 Å². The molecule has 0 N–H and O–H groups in total. The van der Waals surface area contributed by atoms with Crippen molar-refractivity contribution < 1.29 is 4.79 Å². The molecule has 0 aromatic rings. The monoisotopic (exact) mass is 312 g/mol. The van der Waals surface area contributed by atoms with Gasteiger partial charge < -0.3 is 19.6 Å². The Morgan fingerprint density at radius 2 is 1.23 bits per heavy atom. The van der Waals surface area contributed by atoms with Gasteiger partial charge in [-0.25, -0.2) is 4.79 Å². The molecule has 0 spiro atoms. The van der Waals surface area contributed by atoms with Crippen LogP contribution in [-0.4, -0.2) is 93.1 Å². The van der Waals surface area contributed by atoms with E-state index in [-0.39, 0.29) is 6.03 Å². The van der Waals surface area contributed by atoms with E-state index in [9.17, 15) is 4.79 Å². The van der Waals surface area contributed by atoms with Crippen LogP contribution in [-0.2, 0) is 0 Å². The second-order valence-corrected chi connectivity index (χ2v) is 6.98. The van der Waals surface area contributed by atoms with Gasteiger partial charge in [-0.1, -0.05) is 12.8 Å². The van der Waals surface area contributed by atoms with E-state index in [2.05, 4.69) is 47.8 Å². The standard InChI is InChI=1S/C17H36N4O/c1-18(2)11-9-15-21(16-10-12-19(3)4)17(22)20-13-7-5-6-8-14-20/h5-16H2,1-4H3. The van der Waals surface area contributed by atoms with E-state index >= 15 is 0 Å². The molecule has 1 aliphatic rings. The molecular formula is C17H36N4O. The van der Waals surface area contributed by atoms with E-state index in [4.69, 9.17) is 0 Å². The molecule has 5 nitrogen and oxygen atoms in total. The lowest BCUT2D eigenvalue weighted by atomic mass is 10.2. The number of hydrogen-bond donors (Lipinski definition) is 0. The summed E-state index contributed by atoms with van der Waals surface area (Å²) in [5, 5.41) is 0. The fraction of sp³-hybridized carbons (Fsp3) is 0.941. The van der Waals surface area contributed by atoms with Gasteiger partial charge in [-0.2, -0.15) is 0 Å². The van der Waals surface area contributed by atoms with E-state index in [1.165, 1.54) is 12.8 Å². The summed E-state index contributed by atoms with van der Waals surface area (Å²) in [7, 11) is 8.36. The van der Waals surface area contributed by atoms with Crippen LogP contribution in [0.15, 0.2) is 0 Å². The van der Waals surface area contributed by atoms with Crippen molar-refractivity contribution in [1.82, 2.24) is 19.6 Å². The highest BCUT2D eigenvalue weighted by Gasteiger charge is 2.21. The van der Waals surface area contributed by atoms with Crippen molar-refractivity contribution in [1.29, 1.82) is 0 Å². The summed E-state index contributed by atoms with van der Waals surface area (Å²) in [5.41, 5.74) is 0. The molecule has 22 heavy (non-hydrogen) atoms.